The van der Waals surface area contributed by atoms with Gasteiger partial charge in [0.05, 0.1) is 27.8 Å². The lowest BCUT2D eigenvalue weighted by atomic mass is 10.1. The fraction of sp³-hybridized carbons (Fsp3) is 0.0244. The molecule has 9 aromatic rings. The summed E-state index contributed by atoms with van der Waals surface area (Å²) in [5.41, 5.74) is 11.7. The van der Waals surface area contributed by atoms with Gasteiger partial charge in [-0.05, 0) is 89.7 Å². The van der Waals surface area contributed by atoms with Crippen molar-refractivity contribution in [2.24, 2.45) is 0 Å². The molecule has 6 aromatic carbocycles. The fourth-order valence-corrected chi connectivity index (χ4v) is 7.13. The van der Waals surface area contributed by atoms with Crippen molar-refractivity contribution in [3.05, 3.63) is 155 Å². The molecule has 0 fully saturated rings. The molecule has 0 unspecified atom stereocenters. The summed E-state index contributed by atoms with van der Waals surface area (Å²) in [5, 5.41) is 3.59. The van der Waals surface area contributed by atoms with Gasteiger partial charge in [-0.15, -0.1) is 0 Å². The van der Waals surface area contributed by atoms with Gasteiger partial charge in [0.2, 0.25) is 0 Å². The molecule has 0 aliphatic heterocycles. The van der Waals surface area contributed by atoms with E-state index in [0.29, 0.717) is 0 Å². The van der Waals surface area contributed by atoms with Crippen LogP contribution in [0.4, 0.5) is 0 Å². The van der Waals surface area contributed by atoms with Gasteiger partial charge < -0.3 is 9.13 Å². The molecule has 0 aliphatic carbocycles. The molecule has 3 heterocycles. The van der Waals surface area contributed by atoms with E-state index < -0.39 is 0 Å². The highest BCUT2D eigenvalue weighted by atomic mass is 127. The van der Waals surface area contributed by atoms with Gasteiger partial charge in [-0.25, -0.2) is 9.97 Å². The largest absolute Gasteiger partial charge is 0.309 e. The van der Waals surface area contributed by atoms with Gasteiger partial charge in [-0.3, -0.25) is 0 Å². The Bertz CT molecular complexity index is 2560. The Morgan fingerprint density at radius 3 is 1.80 bits per heavy atom. The normalized spacial score (nSPS) is 11.7. The Balaban J connectivity index is 1.38. The summed E-state index contributed by atoms with van der Waals surface area (Å²) in [6.45, 7) is 2.14. The Labute approximate surface area is 279 Å². The fourth-order valence-electron chi connectivity index (χ4n) is 6.80. The van der Waals surface area contributed by atoms with E-state index in [4.69, 9.17) is 9.97 Å². The van der Waals surface area contributed by atoms with Crippen LogP contribution in [-0.2, 0) is 0 Å². The second-order valence-electron chi connectivity index (χ2n) is 11.7. The summed E-state index contributed by atoms with van der Waals surface area (Å²) in [6.07, 6.45) is 0. The van der Waals surface area contributed by atoms with Crippen molar-refractivity contribution in [3.63, 3.8) is 0 Å². The Morgan fingerprint density at radius 1 is 0.500 bits per heavy atom. The van der Waals surface area contributed by atoms with E-state index in [1.807, 2.05) is 0 Å². The van der Waals surface area contributed by atoms with Crippen molar-refractivity contribution < 1.29 is 0 Å². The number of hydrogen-bond acceptors (Lipinski definition) is 2. The number of fused-ring (bicyclic) bond motifs is 6. The van der Waals surface area contributed by atoms with Gasteiger partial charge in [0.1, 0.15) is 5.52 Å². The first kappa shape index (κ1) is 27.1. The molecule has 0 saturated heterocycles. The number of rotatable bonds is 4. The van der Waals surface area contributed by atoms with Gasteiger partial charge in [0.25, 0.3) is 0 Å². The number of nitrogens with zero attached hydrogens (tertiary/aromatic N) is 4. The first-order valence-electron chi connectivity index (χ1n) is 15.4. The molecule has 46 heavy (non-hydrogen) atoms. The van der Waals surface area contributed by atoms with E-state index in [1.54, 1.807) is 0 Å². The minimum absolute atomic E-state index is 0.722. The number of halogens is 1. The molecular formula is C41H27IN4. The van der Waals surface area contributed by atoms with Crippen molar-refractivity contribution in [1.82, 2.24) is 19.1 Å². The first-order valence-corrected chi connectivity index (χ1v) is 16.5. The third kappa shape index (κ3) is 4.19. The molecule has 3 aromatic heterocycles. The number of benzene rings is 6. The van der Waals surface area contributed by atoms with Gasteiger partial charge in [0, 0.05) is 42.2 Å². The van der Waals surface area contributed by atoms with Crippen LogP contribution in [0.5, 0.6) is 0 Å². The number of hydrogen-bond donors (Lipinski definition) is 0. The zero-order chi connectivity index (χ0) is 30.8. The predicted octanol–water partition coefficient (Wildman–Crippen LogP) is 10.9. The van der Waals surface area contributed by atoms with Crippen molar-refractivity contribution in [3.8, 4) is 34.0 Å². The third-order valence-corrected chi connectivity index (χ3v) is 10.1. The summed E-state index contributed by atoms with van der Waals surface area (Å²) >= 11 is 2.39. The minimum Gasteiger partial charge on any atom is -0.309 e. The third-order valence-electron chi connectivity index (χ3n) is 8.90. The molecule has 0 atom stereocenters. The predicted molar refractivity (Wildman–Crippen MR) is 199 cm³/mol. The van der Waals surface area contributed by atoms with E-state index in [2.05, 4.69) is 184 Å². The maximum atomic E-state index is 5.40. The second-order valence-corrected chi connectivity index (χ2v) is 12.8. The maximum Gasteiger partial charge on any atom is 0.160 e. The highest BCUT2D eigenvalue weighted by molar-refractivity contribution is 14.1. The Kier molecular flexibility index (Phi) is 6.28. The van der Waals surface area contributed by atoms with Gasteiger partial charge in [-0.1, -0.05) is 91.0 Å². The van der Waals surface area contributed by atoms with Gasteiger partial charge >= 0.3 is 0 Å². The van der Waals surface area contributed by atoms with Crippen LogP contribution in [0.15, 0.2) is 146 Å². The lowest BCUT2D eigenvalue weighted by Crippen LogP contribution is -2.01. The maximum absolute atomic E-state index is 5.40. The van der Waals surface area contributed by atoms with E-state index in [1.165, 1.54) is 30.9 Å². The van der Waals surface area contributed by atoms with Crippen LogP contribution in [0.1, 0.15) is 5.56 Å². The van der Waals surface area contributed by atoms with Crippen LogP contribution < -0.4 is 0 Å². The molecule has 4 nitrogen and oxygen atoms in total. The average Bonchev–Trinajstić information content (AvgIpc) is 3.63. The first-order chi connectivity index (χ1) is 22.7. The Hall–Kier alpha value is -5.27. The second kappa shape index (κ2) is 10.7. The summed E-state index contributed by atoms with van der Waals surface area (Å²) < 4.78 is 5.90. The molecule has 0 radical (unpaired) electrons. The van der Waals surface area contributed by atoms with Gasteiger partial charge in [-0.2, -0.15) is 0 Å². The van der Waals surface area contributed by atoms with Crippen LogP contribution in [0.2, 0.25) is 0 Å². The highest BCUT2D eigenvalue weighted by Gasteiger charge is 2.22. The number of aryl methyl sites for hydroxylation is 1. The quantitative estimate of drug-likeness (QED) is 0.171. The highest BCUT2D eigenvalue weighted by Crippen LogP contribution is 2.39. The molecule has 0 amide bonds. The van der Waals surface area contributed by atoms with Crippen molar-refractivity contribution in [2.75, 3.05) is 0 Å². The average molecular weight is 703 g/mol. The minimum atomic E-state index is 0.722. The van der Waals surface area contributed by atoms with E-state index in [0.717, 1.165) is 56.0 Å². The smallest absolute Gasteiger partial charge is 0.160 e. The van der Waals surface area contributed by atoms with Crippen LogP contribution in [0.3, 0.4) is 0 Å². The molecule has 218 valence electrons. The number of aromatic nitrogens is 4. The Morgan fingerprint density at radius 2 is 1.11 bits per heavy atom. The SMILES string of the molecule is Cc1cc(-c2nc(-c3cccc(-n4c5ccccc5c5ccccc54)c3)c3c(n2)c2ccccc2n3-c2ccccc2)ccc1I. The molecule has 0 saturated carbocycles. The van der Waals surface area contributed by atoms with E-state index in [-0.39, 0.29) is 0 Å². The monoisotopic (exact) mass is 702 g/mol. The van der Waals surface area contributed by atoms with Crippen molar-refractivity contribution in [1.29, 1.82) is 0 Å². The van der Waals surface area contributed by atoms with Crippen molar-refractivity contribution >= 4 is 66.3 Å². The molecule has 5 heteroatoms. The summed E-state index contributed by atoms with van der Waals surface area (Å²) in [4.78, 5) is 10.7. The zero-order valence-electron chi connectivity index (χ0n) is 25.0. The zero-order valence-corrected chi connectivity index (χ0v) is 27.2. The van der Waals surface area contributed by atoms with Crippen LogP contribution in [0.25, 0.3) is 77.8 Å². The van der Waals surface area contributed by atoms with E-state index >= 15 is 0 Å². The van der Waals surface area contributed by atoms with Crippen LogP contribution >= 0.6 is 22.6 Å². The van der Waals surface area contributed by atoms with E-state index in [9.17, 15) is 0 Å². The molecular weight excluding hydrogens is 675 g/mol. The lowest BCUT2D eigenvalue weighted by Gasteiger charge is -2.14. The standard InChI is InChI=1S/C41H27IN4/c1-26-24-28(22-23-34(26)42)41-43-38(40-39(44-41)33-18-7-10-21-37(33)46(40)29-13-3-2-4-14-29)27-12-11-15-30(25-27)45-35-19-8-5-16-31(35)32-17-6-9-20-36(32)45/h2-25H,1H3. The summed E-state index contributed by atoms with van der Waals surface area (Å²) in [5.74, 6) is 0.722. The van der Waals surface area contributed by atoms with Gasteiger partial charge in [0.15, 0.2) is 5.82 Å². The molecule has 0 spiro atoms. The molecule has 9 rings (SSSR count). The summed E-state index contributed by atoms with van der Waals surface area (Å²) in [6, 6.07) is 51.6. The summed E-state index contributed by atoms with van der Waals surface area (Å²) in [7, 11) is 0. The topological polar surface area (TPSA) is 35.6 Å². The van der Waals surface area contributed by atoms with Crippen molar-refractivity contribution in [2.45, 2.75) is 6.92 Å². The molecule has 0 N–H and O–H groups in total. The lowest BCUT2D eigenvalue weighted by molar-refractivity contribution is 1.14. The van der Waals surface area contributed by atoms with Crippen LogP contribution in [0, 0.1) is 10.5 Å². The van der Waals surface area contributed by atoms with Crippen LogP contribution in [-0.4, -0.2) is 19.1 Å². The molecule has 0 aliphatic rings. The number of para-hydroxylation sites is 4. The molecule has 0 bridgehead atoms.